The zero-order chi connectivity index (χ0) is 8.10. The summed E-state index contributed by atoms with van der Waals surface area (Å²) in [6, 6.07) is 0. The first-order valence-electron chi connectivity index (χ1n) is 3.95. The highest BCUT2D eigenvalue weighted by Gasteiger charge is 2.13. The van der Waals surface area contributed by atoms with Crippen LogP contribution in [0.2, 0.25) is 0 Å². The van der Waals surface area contributed by atoms with Gasteiger partial charge in [0.05, 0.1) is 5.92 Å². The van der Waals surface area contributed by atoms with Crippen molar-refractivity contribution in [1.82, 2.24) is 5.32 Å². The molecule has 0 spiro atoms. The van der Waals surface area contributed by atoms with E-state index >= 15 is 0 Å². The van der Waals surface area contributed by atoms with Crippen molar-refractivity contribution < 1.29 is 4.79 Å². The van der Waals surface area contributed by atoms with E-state index < -0.39 is 0 Å². The number of nitrogens with two attached hydrogens (primary N) is 1. The first kappa shape index (κ1) is 8.27. The Labute approximate surface area is 66.6 Å². The number of carbonyl (C=O) groups is 1. The summed E-state index contributed by atoms with van der Waals surface area (Å²) in [5.41, 5.74) is 5.18. The topological polar surface area (TPSA) is 55.1 Å². The second-order valence-corrected chi connectivity index (χ2v) is 2.81. The highest BCUT2D eigenvalue weighted by Crippen LogP contribution is 2.06. The molecule has 1 heterocycles. The van der Waals surface area contributed by atoms with Gasteiger partial charge in [-0.2, -0.15) is 0 Å². The van der Waals surface area contributed by atoms with Crippen LogP contribution in [0.5, 0.6) is 0 Å². The molecule has 3 N–H and O–H groups in total. The van der Waals surface area contributed by atoms with Gasteiger partial charge in [-0.1, -0.05) is 12.2 Å². The van der Waals surface area contributed by atoms with Crippen LogP contribution in [0.3, 0.4) is 0 Å². The van der Waals surface area contributed by atoms with Crippen molar-refractivity contribution in [3.8, 4) is 0 Å². The van der Waals surface area contributed by atoms with Gasteiger partial charge >= 0.3 is 0 Å². The largest absolute Gasteiger partial charge is 0.369 e. The SMILES string of the molecule is NC(=O)[C@@H]1CCC=CCNC1. The fourth-order valence-electron chi connectivity index (χ4n) is 1.18. The molecule has 0 aromatic carbocycles. The molecule has 11 heavy (non-hydrogen) atoms. The maximum atomic E-state index is 10.8. The van der Waals surface area contributed by atoms with Crippen LogP contribution in [0, 0.1) is 5.92 Å². The number of nitrogens with one attached hydrogen (secondary N) is 1. The number of hydrogen-bond acceptors (Lipinski definition) is 2. The van der Waals surface area contributed by atoms with Gasteiger partial charge in [0.1, 0.15) is 0 Å². The van der Waals surface area contributed by atoms with Gasteiger partial charge in [-0.25, -0.2) is 0 Å². The van der Waals surface area contributed by atoms with Crippen molar-refractivity contribution in [1.29, 1.82) is 0 Å². The molecule has 0 aromatic rings. The second-order valence-electron chi connectivity index (χ2n) is 2.81. The Kier molecular flexibility index (Phi) is 3.11. The standard InChI is InChI=1S/C8H14N2O/c9-8(11)7-4-2-1-3-5-10-6-7/h1,3,7,10H,2,4-6H2,(H2,9,11)/t7-/m1/s1. The Balaban J connectivity index is 2.42. The molecule has 0 unspecified atom stereocenters. The van der Waals surface area contributed by atoms with Crippen molar-refractivity contribution in [2.45, 2.75) is 12.8 Å². The van der Waals surface area contributed by atoms with Crippen LogP contribution < -0.4 is 11.1 Å². The number of allylic oxidation sites excluding steroid dienone is 1. The Bertz CT molecular complexity index is 165. The monoisotopic (exact) mass is 154 g/mol. The zero-order valence-corrected chi connectivity index (χ0v) is 6.55. The summed E-state index contributed by atoms with van der Waals surface area (Å²) in [4.78, 5) is 10.8. The number of primary amides is 1. The maximum Gasteiger partial charge on any atom is 0.221 e. The van der Waals surface area contributed by atoms with Crippen LogP contribution in [0.25, 0.3) is 0 Å². The van der Waals surface area contributed by atoms with Gasteiger partial charge in [-0.05, 0) is 12.8 Å². The van der Waals surface area contributed by atoms with Gasteiger partial charge in [0, 0.05) is 13.1 Å². The van der Waals surface area contributed by atoms with Crippen LogP contribution in [0.15, 0.2) is 12.2 Å². The van der Waals surface area contributed by atoms with Crippen LogP contribution >= 0.6 is 0 Å². The van der Waals surface area contributed by atoms with E-state index in [1.54, 1.807) is 0 Å². The highest BCUT2D eigenvalue weighted by atomic mass is 16.1. The molecule has 0 bridgehead atoms. The fourth-order valence-corrected chi connectivity index (χ4v) is 1.18. The summed E-state index contributed by atoms with van der Waals surface area (Å²) in [6.45, 7) is 1.57. The average Bonchev–Trinajstić information content (AvgIpc) is 1.84. The van der Waals surface area contributed by atoms with Crippen molar-refractivity contribution in [2.24, 2.45) is 11.7 Å². The lowest BCUT2D eigenvalue weighted by atomic mass is 10.0. The van der Waals surface area contributed by atoms with E-state index in [2.05, 4.69) is 17.5 Å². The Hall–Kier alpha value is -0.830. The van der Waals surface area contributed by atoms with E-state index in [9.17, 15) is 4.79 Å². The van der Waals surface area contributed by atoms with Gasteiger partial charge < -0.3 is 11.1 Å². The molecule has 1 aliphatic rings. The Morgan fingerprint density at radius 3 is 3.09 bits per heavy atom. The summed E-state index contributed by atoms with van der Waals surface area (Å²) in [7, 11) is 0. The van der Waals surface area contributed by atoms with E-state index in [4.69, 9.17) is 5.73 Å². The average molecular weight is 154 g/mol. The molecule has 3 nitrogen and oxygen atoms in total. The van der Waals surface area contributed by atoms with Gasteiger partial charge in [0.25, 0.3) is 0 Å². The van der Waals surface area contributed by atoms with Gasteiger partial charge in [-0.3, -0.25) is 4.79 Å². The van der Waals surface area contributed by atoms with E-state index in [-0.39, 0.29) is 11.8 Å². The Morgan fingerprint density at radius 1 is 1.55 bits per heavy atom. The molecule has 0 aromatic heterocycles. The minimum Gasteiger partial charge on any atom is -0.369 e. The summed E-state index contributed by atoms with van der Waals surface area (Å²) in [6.07, 6.45) is 6.01. The lowest BCUT2D eigenvalue weighted by Crippen LogP contribution is -2.33. The fraction of sp³-hybridized carbons (Fsp3) is 0.625. The quantitative estimate of drug-likeness (QED) is 0.523. The molecule has 1 amide bonds. The number of carbonyl (C=O) groups excluding carboxylic acids is 1. The van der Waals surface area contributed by atoms with Crippen molar-refractivity contribution in [2.75, 3.05) is 13.1 Å². The summed E-state index contributed by atoms with van der Waals surface area (Å²) >= 11 is 0. The number of amides is 1. The van der Waals surface area contributed by atoms with Crippen LogP contribution in [0.1, 0.15) is 12.8 Å². The van der Waals surface area contributed by atoms with E-state index in [0.29, 0.717) is 0 Å². The molecule has 0 radical (unpaired) electrons. The maximum absolute atomic E-state index is 10.8. The lowest BCUT2D eigenvalue weighted by molar-refractivity contribution is -0.121. The Morgan fingerprint density at radius 2 is 2.36 bits per heavy atom. The molecule has 0 fully saturated rings. The molecule has 3 heteroatoms. The minimum atomic E-state index is -0.187. The van der Waals surface area contributed by atoms with Crippen molar-refractivity contribution in [3.05, 3.63) is 12.2 Å². The lowest BCUT2D eigenvalue weighted by Gasteiger charge is -2.14. The van der Waals surface area contributed by atoms with E-state index in [1.807, 2.05) is 0 Å². The molecular formula is C8H14N2O. The molecule has 0 saturated heterocycles. The molecule has 1 atom stereocenters. The number of rotatable bonds is 1. The van der Waals surface area contributed by atoms with Crippen LogP contribution in [0.4, 0.5) is 0 Å². The van der Waals surface area contributed by atoms with Crippen molar-refractivity contribution >= 4 is 5.91 Å². The van der Waals surface area contributed by atoms with E-state index in [1.165, 1.54) is 0 Å². The van der Waals surface area contributed by atoms with Crippen LogP contribution in [-0.2, 0) is 4.79 Å². The van der Waals surface area contributed by atoms with Crippen molar-refractivity contribution in [3.63, 3.8) is 0 Å². The summed E-state index contributed by atoms with van der Waals surface area (Å²) < 4.78 is 0. The summed E-state index contributed by atoms with van der Waals surface area (Å²) in [5.74, 6) is -0.173. The third-order valence-electron chi connectivity index (χ3n) is 1.90. The smallest absolute Gasteiger partial charge is 0.221 e. The normalized spacial score (nSPS) is 25.6. The van der Waals surface area contributed by atoms with E-state index in [0.717, 1.165) is 25.9 Å². The number of hydrogen-bond donors (Lipinski definition) is 2. The molecule has 1 rings (SSSR count). The second kappa shape index (κ2) is 4.13. The molecular weight excluding hydrogens is 140 g/mol. The molecule has 1 aliphatic heterocycles. The predicted molar refractivity (Wildman–Crippen MR) is 43.9 cm³/mol. The zero-order valence-electron chi connectivity index (χ0n) is 6.55. The van der Waals surface area contributed by atoms with Gasteiger partial charge in [-0.15, -0.1) is 0 Å². The van der Waals surface area contributed by atoms with Gasteiger partial charge in [0.2, 0.25) is 5.91 Å². The molecule has 0 saturated carbocycles. The first-order chi connectivity index (χ1) is 5.30. The third kappa shape index (κ3) is 2.72. The minimum absolute atomic E-state index is 0.0138. The molecule has 0 aliphatic carbocycles. The van der Waals surface area contributed by atoms with Gasteiger partial charge in [0.15, 0.2) is 0 Å². The summed E-state index contributed by atoms with van der Waals surface area (Å²) in [5, 5.41) is 3.13. The third-order valence-corrected chi connectivity index (χ3v) is 1.90. The van der Waals surface area contributed by atoms with Crippen LogP contribution in [-0.4, -0.2) is 19.0 Å². The first-order valence-corrected chi connectivity index (χ1v) is 3.95. The molecule has 62 valence electrons. The highest BCUT2D eigenvalue weighted by molar-refractivity contribution is 5.76. The predicted octanol–water partition coefficient (Wildman–Crippen LogP) is 0.0275.